The number of nitrogens with zero attached hydrogens (tertiary/aromatic N) is 2. The van der Waals surface area contributed by atoms with Crippen LogP contribution in [-0.2, 0) is 4.79 Å². The van der Waals surface area contributed by atoms with Crippen LogP contribution in [0, 0.1) is 0 Å². The molecule has 3 nitrogen and oxygen atoms in total. The van der Waals surface area contributed by atoms with Gasteiger partial charge in [-0.15, -0.1) is 0 Å². The third-order valence-corrected chi connectivity index (χ3v) is 2.19. The Morgan fingerprint density at radius 2 is 1.88 bits per heavy atom. The smallest absolute Gasteiger partial charge is 0.138 e. The largest absolute Gasteiger partial charge is 0.303 e. The van der Waals surface area contributed by atoms with E-state index in [2.05, 4.69) is 5.10 Å². The van der Waals surface area contributed by atoms with Crippen LogP contribution in [0.2, 0.25) is 0 Å². The Hall–Kier alpha value is -1.64. The number of ketones is 1. The molecule has 1 aromatic rings. The minimum Gasteiger partial charge on any atom is -0.303 e. The van der Waals surface area contributed by atoms with Crippen LogP contribution < -0.4 is 0 Å². The van der Waals surface area contributed by atoms with Crippen molar-refractivity contribution >= 4 is 11.5 Å². The molecule has 0 aliphatic carbocycles. The van der Waals surface area contributed by atoms with Crippen LogP contribution in [0.4, 0.5) is 0 Å². The summed E-state index contributed by atoms with van der Waals surface area (Å²) < 4.78 is 0. The zero-order valence-corrected chi connectivity index (χ0v) is 10.1. The molecule has 1 rings (SSSR count). The van der Waals surface area contributed by atoms with Gasteiger partial charge in [0.25, 0.3) is 0 Å². The van der Waals surface area contributed by atoms with Gasteiger partial charge in [-0.25, -0.2) is 0 Å². The van der Waals surface area contributed by atoms with E-state index in [9.17, 15) is 4.79 Å². The van der Waals surface area contributed by atoms with Crippen molar-refractivity contribution in [3.63, 3.8) is 0 Å². The van der Waals surface area contributed by atoms with Gasteiger partial charge in [0, 0.05) is 20.5 Å². The highest BCUT2D eigenvalue weighted by Crippen LogP contribution is 2.07. The van der Waals surface area contributed by atoms with Crippen LogP contribution in [0.15, 0.2) is 35.4 Å². The number of carbonyl (C=O) groups is 1. The maximum atomic E-state index is 11.5. The van der Waals surface area contributed by atoms with Gasteiger partial charge in [-0.2, -0.15) is 5.10 Å². The van der Waals surface area contributed by atoms with Gasteiger partial charge < -0.3 is 5.01 Å². The average Bonchev–Trinajstić information content (AvgIpc) is 2.28. The molecule has 0 bridgehead atoms. The first-order valence-electron chi connectivity index (χ1n) is 5.45. The van der Waals surface area contributed by atoms with Gasteiger partial charge in [-0.1, -0.05) is 37.3 Å². The Kier molecular flexibility index (Phi) is 4.70. The van der Waals surface area contributed by atoms with E-state index in [-0.39, 0.29) is 5.78 Å². The van der Waals surface area contributed by atoms with Gasteiger partial charge in [0.2, 0.25) is 0 Å². The van der Waals surface area contributed by atoms with Crippen LogP contribution in [-0.4, -0.2) is 30.6 Å². The van der Waals surface area contributed by atoms with E-state index in [0.29, 0.717) is 12.8 Å². The third kappa shape index (κ3) is 3.85. The molecule has 0 aromatic heterocycles. The molecule has 0 aliphatic rings. The second-order valence-corrected chi connectivity index (χ2v) is 3.83. The fourth-order valence-corrected chi connectivity index (χ4v) is 1.38. The highest BCUT2D eigenvalue weighted by molar-refractivity contribution is 6.10. The van der Waals surface area contributed by atoms with Gasteiger partial charge in [-0.3, -0.25) is 4.79 Å². The number of Topliss-reactive ketones (excluding diaryl/α,β-unsaturated/α-hetero) is 1. The minimum atomic E-state index is 0.212. The van der Waals surface area contributed by atoms with Gasteiger partial charge in [0.15, 0.2) is 0 Å². The van der Waals surface area contributed by atoms with Crippen molar-refractivity contribution in [1.82, 2.24) is 5.01 Å². The zero-order chi connectivity index (χ0) is 12.0. The first-order chi connectivity index (χ1) is 7.63. The summed E-state index contributed by atoms with van der Waals surface area (Å²) in [6.45, 7) is 1.88. The molecular formula is C13H18N2O. The SMILES string of the molecule is CCC(=O)C/C(=N\N(C)C)c1ccccc1. The summed E-state index contributed by atoms with van der Waals surface area (Å²) in [6.07, 6.45) is 0.956. The van der Waals surface area contributed by atoms with E-state index in [1.54, 1.807) is 5.01 Å². The normalized spacial score (nSPS) is 11.3. The van der Waals surface area contributed by atoms with Crippen molar-refractivity contribution < 1.29 is 4.79 Å². The summed E-state index contributed by atoms with van der Waals surface area (Å²) in [5.74, 6) is 0.212. The summed E-state index contributed by atoms with van der Waals surface area (Å²) in [5.41, 5.74) is 1.84. The quantitative estimate of drug-likeness (QED) is 0.561. The van der Waals surface area contributed by atoms with E-state index in [4.69, 9.17) is 0 Å². The maximum Gasteiger partial charge on any atom is 0.138 e. The second-order valence-electron chi connectivity index (χ2n) is 3.83. The third-order valence-electron chi connectivity index (χ3n) is 2.19. The first-order valence-corrected chi connectivity index (χ1v) is 5.45. The molecule has 0 radical (unpaired) electrons. The summed E-state index contributed by atoms with van der Waals surface area (Å²) in [6, 6.07) is 9.82. The van der Waals surface area contributed by atoms with E-state index in [0.717, 1.165) is 11.3 Å². The number of benzene rings is 1. The van der Waals surface area contributed by atoms with Crippen LogP contribution in [0.3, 0.4) is 0 Å². The van der Waals surface area contributed by atoms with Crippen molar-refractivity contribution in [3.05, 3.63) is 35.9 Å². The van der Waals surface area contributed by atoms with Crippen molar-refractivity contribution in [1.29, 1.82) is 0 Å². The Labute approximate surface area is 96.8 Å². The lowest BCUT2D eigenvalue weighted by molar-refractivity contribution is -0.117. The van der Waals surface area contributed by atoms with Crippen LogP contribution in [0.1, 0.15) is 25.3 Å². The number of carbonyl (C=O) groups excluding carboxylic acids is 1. The van der Waals surface area contributed by atoms with E-state index < -0.39 is 0 Å². The van der Waals surface area contributed by atoms with Gasteiger partial charge >= 0.3 is 0 Å². The Morgan fingerprint density at radius 1 is 1.25 bits per heavy atom. The zero-order valence-electron chi connectivity index (χ0n) is 10.1. The molecule has 0 amide bonds. The van der Waals surface area contributed by atoms with Crippen LogP contribution in [0.25, 0.3) is 0 Å². The van der Waals surface area contributed by atoms with Crippen LogP contribution >= 0.6 is 0 Å². The molecule has 0 heterocycles. The Morgan fingerprint density at radius 3 is 2.38 bits per heavy atom. The summed E-state index contributed by atoms with van der Waals surface area (Å²) in [7, 11) is 3.72. The Balaban J connectivity index is 2.93. The van der Waals surface area contributed by atoms with Crippen molar-refractivity contribution in [2.24, 2.45) is 5.10 Å². The standard InChI is InChI=1S/C13H18N2O/c1-4-12(16)10-13(14-15(2)3)11-8-6-5-7-9-11/h5-9H,4,10H2,1-3H3/b14-13+. The lowest BCUT2D eigenvalue weighted by atomic mass is 10.0. The monoisotopic (exact) mass is 218 g/mol. The lowest BCUT2D eigenvalue weighted by Gasteiger charge is -2.10. The van der Waals surface area contributed by atoms with Crippen LogP contribution in [0.5, 0.6) is 0 Å². The maximum absolute atomic E-state index is 11.5. The summed E-state index contributed by atoms with van der Waals surface area (Å²) in [4.78, 5) is 11.5. The molecular weight excluding hydrogens is 200 g/mol. The molecule has 16 heavy (non-hydrogen) atoms. The molecule has 0 aliphatic heterocycles. The fourth-order valence-electron chi connectivity index (χ4n) is 1.38. The van der Waals surface area contributed by atoms with Crippen molar-refractivity contribution in [3.8, 4) is 0 Å². The molecule has 1 aromatic carbocycles. The number of hydrazone groups is 1. The highest BCUT2D eigenvalue weighted by atomic mass is 16.1. The molecule has 3 heteroatoms. The highest BCUT2D eigenvalue weighted by Gasteiger charge is 2.08. The van der Waals surface area contributed by atoms with Gasteiger partial charge in [0.1, 0.15) is 5.78 Å². The number of hydrogen-bond acceptors (Lipinski definition) is 3. The Bertz CT molecular complexity index is 369. The fraction of sp³-hybridized carbons (Fsp3) is 0.385. The first kappa shape index (κ1) is 12.4. The van der Waals surface area contributed by atoms with Crippen molar-refractivity contribution in [2.75, 3.05) is 14.1 Å². The topological polar surface area (TPSA) is 32.7 Å². The summed E-state index contributed by atoms with van der Waals surface area (Å²) >= 11 is 0. The van der Waals surface area contributed by atoms with Crippen molar-refractivity contribution in [2.45, 2.75) is 19.8 Å². The average molecular weight is 218 g/mol. The molecule has 0 saturated carbocycles. The van der Waals surface area contributed by atoms with E-state index in [1.165, 1.54) is 0 Å². The lowest BCUT2D eigenvalue weighted by Crippen LogP contribution is -2.14. The predicted molar refractivity (Wildman–Crippen MR) is 66.6 cm³/mol. The number of rotatable bonds is 5. The summed E-state index contributed by atoms with van der Waals surface area (Å²) in [5, 5.41) is 6.09. The van der Waals surface area contributed by atoms with E-state index in [1.807, 2.05) is 51.4 Å². The van der Waals surface area contributed by atoms with Gasteiger partial charge in [-0.05, 0) is 5.56 Å². The molecule has 86 valence electrons. The predicted octanol–water partition coefficient (Wildman–Crippen LogP) is 2.32. The molecule has 0 fully saturated rings. The molecule has 0 N–H and O–H groups in total. The molecule has 0 unspecified atom stereocenters. The van der Waals surface area contributed by atoms with E-state index >= 15 is 0 Å². The molecule has 0 atom stereocenters. The molecule has 0 spiro atoms. The van der Waals surface area contributed by atoms with Gasteiger partial charge in [0.05, 0.1) is 12.1 Å². The number of hydrogen-bond donors (Lipinski definition) is 0. The minimum absolute atomic E-state index is 0.212. The second kappa shape index (κ2) is 6.05. The molecule has 0 saturated heterocycles.